The number of halogens is 1. The van der Waals surface area contributed by atoms with Crippen molar-refractivity contribution in [2.45, 2.75) is 32.2 Å². The predicted molar refractivity (Wildman–Crippen MR) is 122 cm³/mol. The second-order valence-corrected chi connectivity index (χ2v) is 8.46. The molecule has 156 valence electrons. The Morgan fingerprint density at radius 2 is 1.72 bits per heavy atom. The first-order chi connectivity index (χ1) is 13.9. The maximum atomic E-state index is 13.0. The number of carbonyl (C=O) groups is 2. The Hall–Kier alpha value is -1.99. The van der Waals surface area contributed by atoms with Gasteiger partial charge in [-0.1, -0.05) is 40.2 Å². The molecule has 0 fully saturated rings. The van der Waals surface area contributed by atoms with E-state index in [1.807, 2.05) is 55.5 Å². The summed E-state index contributed by atoms with van der Waals surface area (Å²) in [5.74, 6) is 1.65. The number of methoxy groups -OCH3 is 1. The minimum Gasteiger partial charge on any atom is -0.497 e. The summed E-state index contributed by atoms with van der Waals surface area (Å²) in [5.41, 5.74) is 2.11. The van der Waals surface area contributed by atoms with Gasteiger partial charge in [0, 0.05) is 23.3 Å². The SMILES string of the molecule is CCNC(=O)[C@H](C)N(Cc1ccc(Br)cc1)C(=O)CSCc1ccc(OC)cc1. The normalized spacial score (nSPS) is 11.6. The molecule has 1 atom stereocenters. The third kappa shape index (κ3) is 7.40. The van der Waals surface area contributed by atoms with E-state index in [9.17, 15) is 9.59 Å². The fraction of sp³-hybridized carbons (Fsp3) is 0.364. The summed E-state index contributed by atoms with van der Waals surface area (Å²) >= 11 is 4.96. The van der Waals surface area contributed by atoms with E-state index in [0.29, 0.717) is 18.8 Å². The van der Waals surface area contributed by atoms with Crippen molar-refractivity contribution in [1.29, 1.82) is 0 Å². The second kappa shape index (κ2) is 11.9. The van der Waals surface area contributed by atoms with E-state index in [1.165, 1.54) is 0 Å². The zero-order valence-corrected chi connectivity index (χ0v) is 19.4. The molecule has 0 saturated carbocycles. The number of benzene rings is 2. The molecule has 0 radical (unpaired) electrons. The van der Waals surface area contributed by atoms with Crippen LogP contribution in [0.5, 0.6) is 5.75 Å². The number of nitrogens with one attached hydrogen (secondary N) is 1. The van der Waals surface area contributed by atoms with Gasteiger partial charge in [0.05, 0.1) is 12.9 Å². The molecular formula is C22H27BrN2O3S. The molecule has 0 bridgehead atoms. The summed E-state index contributed by atoms with van der Waals surface area (Å²) in [6.07, 6.45) is 0. The molecule has 5 nitrogen and oxygen atoms in total. The number of hydrogen-bond donors (Lipinski definition) is 1. The lowest BCUT2D eigenvalue weighted by Crippen LogP contribution is -2.48. The van der Waals surface area contributed by atoms with E-state index in [2.05, 4.69) is 21.2 Å². The van der Waals surface area contributed by atoms with Crippen molar-refractivity contribution in [2.75, 3.05) is 19.4 Å². The average Bonchev–Trinajstić information content (AvgIpc) is 2.73. The quantitative estimate of drug-likeness (QED) is 0.554. The van der Waals surface area contributed by atoms with Gasteiger partial charge in [-0.2, -0.15) is 0 Å². The van der Waals surface area contributed by atoms with Gasteiger partial charge in [0.1, 0.15) is 11.8 Å². The summed E-state index contributed by atoms with van der Waals surface area (Å²) < 4.78 is 6.15. The summed E-state index contributed by atoms with van der Waals surface area (Å²) in [6, 6.07) is 15.1. The first-order valence-corrected chi connectivity index (χ1v) is 11.4. The maximum absolute atomic E-state index is 13.0. The molecule has 0 aliphatic heterocycles. The number of ether oxygens (including phenoxy) is 1. The third-order valence-electron chi connectivity index (χ3n) is 4.44. The average molecular weight is 479 g/mol. The molecule has 0 saturated heterocycles. The Balaban J connectivity index is 2.02. The Kier molecular flexibility index (Phi) is 9.54. The largest absolute Gasteiger partial charge is 0.497 e. The van der Waals surface area contributed by atoms with E-state index in [-0.39, 0.29) is 11.8 Å². The molecule has 0 spiro atoms. The van der Waals surface area contributed by atoms with Crippen LogP contribution in [0, 0.1) is 0 Å². The second-order valence-electron chi connectivity index (χ2n) is 6.56. The minimum absolute atomic E-state index is 0.0508. The standard InChI is InChI=1S/C22H27BrN2O3S/c1-4-24-22(27)16(2)25(13-17-5-9-19(23)10-6-17)21(26)15-29-14-18-7-11-20(28-3)12-8-18/h5-12,16H,4,13-15H2,1-3H3,(H,24,27)/t16-/m0/s1. The summed E-state index contributed by atoms with van der Waals surface area (Å²) in [5, 5.41) is 2.81. The highest BCUT2D eigenvalue weighted by Gasteiger charge is 2.25. The van der Waals surface area contributed by atoms with Crippen molar-refractivity contribution in [3.05, 3.63) is 64.1 Å². The predicted octanol–water partition coefficient (Wildman–Crippen LogP) is 4.24. The van der Waals surface area contributed by atoms with Crippen LogP contribution in [-0.4, -0.2) is 42.2 Å². The van der Waals surface area contributed by atoms with Gasteiger partial charge in [0.15, 0.2) is 0 Å². The molecule has 0 aliphatic carbocycles. The van der Waals surface area contributed by atoms with Crippen LogP contribution in [0.2, 0.25) is 0 Å². The number of carbonyl (C=O) groups excluding carboxylic acids is 2. The molecule has 0 heterocycles. The van der Waals surface area contributed by atoms with Crippen LogP contribution < -0.4 is 10.1 Å². The van der Waals surface area contributed by atoms with Crippen molar-refractivity contribution in [1.82, 2.24) is 10.2 Å². The van der Waals surface area contributed by atoms with Crippen molar-refractivity contribution in [2.24, 2.45) is 0 Å². The summed E-state index contributed by atoms with van der Waals surface area (Å²) in [6.45, 7) is 4.58. The lowest BCUT2D eigenvalue weighted by molar-refractivity contribution is -0.138. The number of nitrogens with zero attached hydrogens (tertiary/aromatic N) is 1. The number of rotatable bonds is 10. The van der Waals surface area contributed by atoms with E-state index in [1.54, 1.807) is 30.7 Å². The van der Waals surface area contributed by atoms with Gasteiger partial charge in [-0.15, -0.1) is 11.8 Å². The van der Waals surface area contributed by atoms with E-state index < -0.39 is 6.04 Å². The van der Waals surface area contributed by atoms with Crippen molar-refractivity contribution < 1.29 is 14.3 Å². The summed E-state index contributed by atoms with van der Waals surface area (Å²) in [7, 11) is 1.64. The van der Waals surface area contributed by atoms with Crippen LogP contribution in [0.1, 0.15) is 25.0 Å². The van der Waals surface area contributed by atoms with Crippen LogP contribution in [-0.2, 0) is 21.9 Å². The Morgan fingerprint density at radius 3 is 2.31 bits per heavy atom. The molecule has 2 aromatic carbocycles. The molecular weight excluding hydrogens is 452 g/mol. The third-order valence-corrected chi connectivity index (χ3v) is 5.95. The first-order valence-electron chi connectivity index (χ1n) is 9.47. The molecule has 2 aromatic rings. The van der Waals surface area contributed by atoms with Crippen LogP contribution >= 0.6 is 27.7 Å². The molecule has 2 rings (SSSR count). The number of thioether (sulfide) groups is 1. The van der Waals surface area contributed by atoms with Crippen molar-refractivity contribution in [3.8, 4) is 5.75 Å². The Morgan fingerprint density at radius 1 is 1.10 bits per heavy atom. The zero-order chi connectivity index (χ0) is 21.2. The Bertz CT molecular complexity index is 797. The van der Waals surface area contributed by atoms with Gasteiger partial charge in [0.2, 0.25) is 11.8 Å². The highest BCUT2D eigenvalue weighted by atomic mass is 79.9. The van der Waals surface area contributed by atoms with E-state index in [4.69, 9.17) is 4.74 Å². The lowest BCUT2D eigenvalue weighted by Gasteiger charge is -2.28. The maximum Gasteiger partial charge on any atom is 0.242 e. The van der Waals surface area contributed by atoms with Crippen molar-refractivity contribution >= 4 is 39.5 Å². The Labute approximate surface area is 185 Å². The van der Waals surface area contributed by atoms with Crippen LogP contribution in [0.25, 0.3) is 0 Å². The zero-order valence-electron chi connectivity index (χ0n) is 17.0. The highest BCUT2D eigenvalue weighted by Crippen LogP contribution is 2.19. The van der Waals surface area contributed by atoms with Gasteiger partial charge in [-0.05, 0) is 49.2 Å². The number of amides is 2. The molecule has 7 heteroatoms. The highest BCUT2D eigenvalue weighted by molar-refractivity contribution is 9.10. The lowest BCUT2D eigenvalue weighted by atomic mass is 10.1. The fourth-order valence-electron chi connectivity index (χ4n) is 2.75. The van der Waals surface area contributed by atoms with Gasteiger partial charge >= 0.3 is 0 Å². The topological polar surface area (TPSA) is 58.6 Å². The van der Waals surface area contributed by atoms with Crippen LogP contribution in [0.3, 0.4) is 0 Å². The minimum atomic E-state index is -0.535. The fourth-order valence-corrected chi connectivity index (χ4v) is 3.89. The van der Waals surface area contributed by atoms with Gasteiger partial charge < -0.3 is 15.0 Å². The number of likely N-dealkylation sites (N-methyl/N-ethyl adjacent to an activating group) is 1. The van der Waals surface area contributed by atoms with E-state index >= 15 is 0 Å². The van der Waals surface area contributed by atoms with Gasteiger partial charge in [-0.3, -0.25) is 9.59 Å². The molecule has 0 aromatic heterocycles. The van der Waals surface area contributed by atoms with E-state index in [0.717, 1.165) is 27.1 Å². The van der Waals surface area contributed by atoms with Gasteiger partial charge in [-0.25, -0.2) is 0 Å². The molecule has 2 amide bonds. The molecule has 29 heavy (non-hydrogen) atoms. The molecule has 0 unspecified atom stereocenters. The number of hydrogen-bond acceptors (Lipinski definition) is 4. The van der Waals surface area contributed by atoms with Gasteiger partial charge in [0.25, 0.3) is 0 Å². The van der Waals surface area contributed by atoms with Crippen LogP contribution in [0.15, 0.2) is 53.0 Å². The van der Waals surface area contributed by atoms with Crippen molar-refractivity contribution in [3.63, 3.8) is 0 Å². The molecule has 1 N–H and O–H groups in total. The monoisotopic (exact) mass is 478 g/mol. The first kappa shape index (κ1) is 23.3. The smallest absolute Gasteiger partial charge is 0.242 e. The van der Waals surface area contributed by atoms with Crippen LogP contribution in [0.4, 0.5) is 0 Å². The molecule has 0 aliphatic rings. The summed E-state index contributed by atoms with van der Waals surface area (Å²) in [4.78, 5) is 27.0.